The molecule has 2 heterocycles. The maximum atomic E-state index is 5.82. The molecule has 2 unspecified atom stereocenters. The number of hydrogen-bond donors (Lipinski definition) is 1. The average molecular weight is 250 g/mol. The summed E-state index contributed by atoms with van der Waals surface area (Å²) >= 11 is 0. The minimum Gasteiger partial charge on any atom is -0.384 e. The van der Waals surface area contributed by atoms with Gasteiger partial charge in [-0.3, -0.25) is 0 Å². The van der Waals surface area contributed by atoms with Crippen LogP contribution in [0.4, 0.5) is 11.6 Å². The van der Waals surface area contributed by atoms with Crippen molar-refractivity contribution < 1.29 is 4.74 Å². The lowest BCUT2D eigenvalue weighted by atomic mass is 9.89. The summed E-state index contributed by atoms with van der Waals surface area (Å²) in [5.74, 6) is 3.55. The Kier molecular flexibility index (Phi) is 4.01. The zero-order valence-electron chi connectivity index (χ0n) is 11.4. The first-order chi connectivity index (χ1) is 8.60. The molecule has 0 aromatic carbocycles. The summed E-state index contributed by atoms with van der Waals surface area (Å²) in [6.07, 6.45) is 1.20. The average Bonchev–Trinajstić information content (AvgIpc) is 2.32. The summed E-state index contributed by atoms with van der Waals surface area (Å²) in [6, 6.07) is 1.85. The lowest BCUT2D eigenvalue weighted by molar-refractivity contribution is 0.178. The highest BCUT2D eigenvalue weighted by molar-refractivity contribution is 5.47. The molecule has 0 saturated carbocycles. The zero-order chi connectivity index (χ0) is 13.1. The predicted octanol–water partition coefficient (Wildman–Crippen LogP) is 1.69. The van der Waals surface area contributed by atoms with Gasteiger partial charge in [-0.25, -0.2) is 9.97 Å². The number of aromatic nitrogens is 2. The van der Waals surface area contributed by atoms with Crippen molar-refractivity contribution in [2.75, 3.05) is 30.8 Å². The van der Waals surface area contributed by atoms with Crippen LogP contribution >= 0.6 is 0 Å². The van der Waals surface area contributed by atoms with Gasteiger partial charge in [-0.2, -0.15) is 0 Å². The van der Waals surface area contributed by atoms with Crippen molar-refractivity contribution in [3.8, 4) is 0 Å². The Morgan fingerprint density at radius 1 is 1.39 bits per heavy atom. The van der Waals surface area contributed by atoms with Crippen LogP contribution in [-0.4, -0.2) is 30.2 Å². The summed E-state index contributed by atoms with van der Waals surface area (Å²) in [6.45, 7) is 7.07. The predicted molar refractivity (Wildman–Crippen MR) is 72.3 cm³/mol. The number of methoxy groups -OCH3 is 1. The van der Waals surface area contributed by atoms with Crippen molar-refractivity contribution in [1.82, 2.24) is 9.97 Å². The number of nitrogens with two attached hydrogens (primary N) is 1. The molecule has 1 aliphatic heterocycles. The molecular weight excluding hydrogens is 228 g/mol. The molecule has 0 spiro atoms. The van der Waals surface area contributed by atoms with Crippen LogP contribution in [0.1, 0.15) is 26.1 Å². The van der Waals surface area contributed by atoms with E-state index in [1.54, 1.807) is 7.11 Å². The summed E-state index contributed by atoms with van der Waals surface area (Å²) in [4.78, 5) is 11.0. The first-order valence-corrected chi connectivity index (χ1v) is 6.47. The van der Waals surface area contributed by atoms with Gasteiger partial charge in [-0.1, -0.05) is 13.8 Å². The molecule has 2 atom stereocenters. The second kappa shape index (κ2) is 5.52. The van der Waals surface area contributed by atoms with E-state index < -0.39 is 0 Å². The topological polar surface area (TPSA) is 64.3 Å². The van der Waals surface area contributed by atoms with Gasteiger partial charge in [0.25, 0.3) is 0 Å². The van der Waals surface area contributed by atoms with Crippen LogP contribution in [0, 0.1) is 11.8 Å². The lowest BCUT2D eigenvalue weighted by Gasteiger charge is -2.36. The van der Waals surface area contributed by atoms with E-state index in [4.69, 9.17) is 10.5 Å². The monoisotopic (exact) mass is 250 g/mol. The Labute approximate surface area is 108 Å². The van der Waals surface area contributed by atoms with E-state index in [1.807, 2.05) is 6.07 Å². The number of rotatable bonds is 3. The number of piperidine rings is 1. The van der Waals surface area contributed by atoms with E-state index >= 15 is 0 Å². The molecule has 1 saturated heterocycles. The van der Waals surface area contributed by atoms with E-state index in [2.05, 4.69) is 28.7 Å². The number of ether oxygens (including phenoxy) is 1. The van der Waals surface area contributed by atoms with E-state index in [-0.39, 0.29) is 0 Å². The highest BCUT2D eigenvalue weighted by Gasteiger charge is 2.24. The van der Waals surface area contributed by atoms with Gasteiger partial charge < -0.3 is 15.4 Å². The fraction of sp³-hybridized carbons (Fsp3) is 0.692. The summed E-state index contributed by atoms with van der Waals surface area (Å²) in [5, 5.41) is 0. The molecule has 0 radical (unpaired) electrons. The van der Waals surface area contributed by atoms with Crippen LogP contribution in [0.5, 0.6) is 0 Å². The van der Waals surface area contributed by atoms with Gasteiger partial charge in [0.1, 0.15) is 18.2 Å². The minimum absolute atomic E-state index is 0.401. The first kappa shape index (κ1) is 13.1. The fourth-order valence-corrected chi connectivity index (χ4v) is 2.33. The molecule has 1 aliphatic rings. The molecule has 0 bridgehead atoms. The number of nitrogens with zero attached hydrogens (tertiary/aromatic N) is 3. The van der Waals surface area contributed by atoms with Crippen molar-refractivity contribution >= 4 is 11.6 Å². The standard InChI is InChI=1S/C13H22N4O/c1-9-4-5-17(7-10(9)2)13-6-11(14)15-12(16-13)8-18-3/h6,9-10H,4-5,7-8H2,1-3H3,(H2,14,15,16). The van der Waals surface area contributed by atoms with E-state index in [0.717, 1.165) is 24.8 Å². The zero-order valence-corrected chi connectivity index (χ0v) is 11.4. The largest absolute Gasteiger partial charge is 0.384 e. The van der Waals surface area contributed by atoms with Gasteiger partial charge in [0.15, 0.2) is 5.82 Å². The third kappa shape index (κ3) is 2.90. The molecule has 1 fully saturated rings. The molecule has 0 aliphatic carbocycles. The van der Waals surface area contributed by atoms with Crippen molar-refractivity contribution in [3.05, 3.63) is 11.9 Å². The van der Waals surface area contributed by atoms with Crippen LogP contribution in [0.2, 0.25) is 0 Å². The normalized spacial score (nSPS) is 24.3. The molecule has 5 nitrogen and oxygen atoms in total. The van der Waals surface area contributed by atoms with Crippen LogP contribution in [0.3, 0.4) is 0 Å². The Hall–Kier alpha value is -1.36. The van der Waals surface area contributed by atoms with Gasteiger partial charge in [-0.15, -0.1) is 0 Å². The third-order valence-corrected chi connectivity index (χ3v) is 3.71. The van der Waals surface area contributed by atoms with Crippen molar-refractivity contribution in [2.24, 2.45) is 11.8 Å². The third-order valence-electron chi connectivity index (χ3n) is 3.71. The minimum atomic E-state index is 0.401. The summed E-state index contributed by atoms with van der Waals surface area (Å²) in [7, 11) is 1.64. The van der Waals surface area contributed by atoms with Crippen molar-refractivity contribution in [3.63, 3.8) is 0 Å². The van der Waals surface area contributed by atoms with Crippen LogP contribution in [0.25, 0.3) is 0 Å². The first-order valence-electron chi connectivity index (χ1n) is 6.47. The molecular formula is C13H22N4O. The number of anilines is 2. The lowest BCUT2D eigenvalue weighted by Crippen LogP contribution is -2.39. The second-order valence-electron chi connectivity index (χ2n) is 5.19. The second-order valence-corrected chi connectivity index (χ2v) is 5.19. The highest BCUT2D eigenvalue weighted by Crippen LogP contribution is 2.26. The molecule has 5 heteroatoms. The summed E-state index contributed by atoms with van der Waals surface area (Å²) in [5.41, 5.74) is 5.82. The Morgan fingerprint density at radius 3 is 2.83 bits per heavy atom. The Bertz CT molecular complexity index is 410. The number of nitrogen functional groups attached to an aromatic ring is 1. The van der Waals surface area contributed by atoms with E-state index in [1.165, 1.54) is 6.42 Å². The summed E-state index contributed by atoms with van der Waals surface area (Å²) < 4.78 is 5.06. The SMILES string of the molecule is COCc1nc(N)cc(N2CCC(C)C(C)C2)n1. The number of hydrogen-bond acceptors (Lipinski definition) is 5. The molecule has 1 aromatic rings. The van der Waals surface area contributed by atoms with Gasteiger partial charge in [0.2, 0.25) is 0 Å². The Balaban J connectivity index is 2.17. The molecule has 1 aromatic heterocycles. The van der Waals surface area contributed by atoms with Gasteiger partial charge >= 0.3 is 0 Å². The van der Waals surface area contributed by atoms with E-state index in [0.29, 0.717) is 24.2 Å². The van der Waals surface area contributed by atoms with Gasteiger partial charge in [0, 0.05) is 26.3 Å². The van der Waals surface area contributed by atoms with Crippen molar-refractivity contribution in [1.29, 1.82) is 0 Å². The van der Waals surface area contributed by atoms with Crippen LogP contribution in [0.15, 0.2) is 6.07 Å². The Morgan fingerprint density at radius 2 is 2.17 bits per heavy atom. The molecule has 100 valence electrons. The van der Waals surface area contributed by atoms with E-state index in [9.17, 15) is 0 Å². The van der Waals surface area contributed by atoms with Crippen LogP contribution in [-0.2, 0) is 11.3 Å². The maximum Gasteiger partial charge on any atom is 0.158 e. The van der Waals surface area contributed by atoms with Crippen molar-refractivity contribution in [2.45, 2.75) is 26.9 Å². The van der Waals surface area contributed by atoms with Crippen LogP contribution < -0.4 is 10.6 Å². The molecule has 2 rings (SSSR count). The van der Waals surface area contributed by atoms with Gasteiger partial charge in [-0.05, 0) is 18.3 Å². The quantitative estimate of drug-likeness (QED) is 0.884. The molecule has 2 N–H and O–H groups in total. The maximum absolute atomic E-state index is 5.82. The fourth-order valence-electron chi connectivity index (χ4n) is 2.33. The van der Waals surface area contributed by atoms with Gasteiger partial charge in [0.05, 0.1) is 0 Å². The smallest absolute Gasteiger partial charge is 0.158 e. The highest BCUT2D eigenvalue weighted by atomic mass is 16.5. The molecule has 0 amide bonds. The molecule has 18 heavy (non-hydrogen) atoms.